The third kappa shape index (κ3) is 3.04. The molecule has 2 aliphatic heterocycles. The van der Waals surface area contributed by atoms with Gasteiger partial charge in [-0.1, -0.05) is 6.92 Å². The van der Waals surface area contributed by atoms with Gasteiger partial charge in [-0.3, -0.25) is 9.69 Å². The van der Waals surface area contributed by atoms with Gasteiger partial charge in [0, 0.05) is 38.1 Å². The van der Waals surface area contributed by atoms with Gasteiger partial charge in [0.15, 0.2) is 0 Å². The van der Waals surface area contributed by atoms with Crippen molar-refractivity contribution >= 4 is 5.91 Å². The second-order valence-electron chi connectivity index (χ2n) is 5.73. The van der Waals surface area contributed by atoms with Crippen LogP contribution in [0.15, 0.2) is 0 Å². The molecular weight excluding hydrogens is 228 g/mol. The van der Waals surface area contributed by atoms with E-state index in [0.29, 0.717) is 12.3 Å². The van der Waals surface area contributed by atoms with E-state index in [4.69, 9.17) is 4.74 Å². The second-order valence-corrected chi connectivity index (χ2v) is 5.73. The van der Waals surface area contributed by atoms with Crippen LogP contribution in [0, 0.1) is 0 Å². The summed E-state index contributed by atoms with van der Waals surface area (Å²) < 4.78 is 5.42. The lowest BCUT2D eigenvalue weighted by atomic mass is 9.87. The Morgan fingerprint density at radius 1 is 1.17 bits per heavy atom. The Labute approximate surface area is 110 Å². The first kappa shape index (κ1) is 13.8. The van der Waals surface area contributed by atoms with Crippen molar-refractivity contribution in [2.24, 2.45) is 0 Å². The van der Waals surface area contributed by atoms with Crippen molar-refractivity contribution < 1.29 is 9.53 Å². The highest BCUT2D eigenvalue weighted by Crippen LogP contribution is 2.29. The number of amides is 1. The van der Waals surface area contributed by atoms with Crippen LogP contribution in [-0.4, -0.2) is 60.6 Å². The first-order valence-corrected chi connectivity index (χ1v) is 7.26. The predicted octanol–water partition coefficient (Wildman–Crippen LogP) is 1.50. The largest absolute Gasteiger partial charge is 0.379 e. The molecule has 18 heavy (non-hydrogen) atoms. The molecule has 2 heterocycles. The summed E-state index contributed by atoms with van der Waals surface area (Å²) in [6, 6.07) is 0. The summed E-state index contributed by atoms with van der Waals surface area (Å²) in [6.07, 6.45) is 3.86. The van der Waals surface area contributed by atoms with Crippen LogP contribution in [-0.2, 0) is 9.53 Å². The van der Waals surface area contributed by atoms with Crippen molar-refractivity contribution in [3.63, 3.8) is 0 Å². The molecule has 0 aromatic carbocycles. The number of rotatable bonds is 3. The van der Waals surface area contributed by atoms with Crippen molar-refractivity contribution in [2.75, 3.05) is 39.4 Å². The van der Waals surface area contributed by atoms with Crippen molar-refractivity contribution in [1.82, 2.24) is 9.80 Å². The predicted molar refractivity (Wildman–Crippen MR) is 71.5 cm³/mol. The van der Waals surface area contributed by atoms with Crippen LogP contribution in [0.5, 0.6) is 0 Å². The van der Waals surface area contributed by atoms with E-state index < -0.39 is 0 Å². The van der Waals surface area contributed by atoms with E-state index in [1.807, 2.05) is 4.90 Å². The third-order valence-corrected chi connectivity index (χ3v) is 4.43. The van der Waals surface area contributed by atoms with Gasteiger partial charge in [-0.15, -0.1) is 0 Å². The molecule has 104 valence electrons. The van der Waals surface area contributed by atoms with Crippen LogP contribution in [0.3, 0.4) is 0 Å². The van der Waals surface area contributed by atoms with E-state index in [9.17, 15) is 4.79 Å². The molecule has 0 aromatic heterocycles. The lowest BCUT2D eigenvalue weighted by Crippen LogP contribution is -2.57. The quantitative estimate of drug-likeness (QED) is 0.765. The molecule has 2 rings (SSSR count). The first-order chi connectivity index (χ1) is 8.65. The summed E-state index contributed by atoms with van der Waals surface area (Å²) in [7, 11) is 0. The molecule has 0 radical (unpaired) electrons. The monoisotopic (exact) mass is 254 g/mol. The molecular formula is C14H26N2O2. The number of hydrogen-bond acceptors (Lipinski definition) is 3. The zero-order valence-electron chi connectivity index (χ0n) is 11.8. The average molecular weight is 254 g/mol. The summed E-state index contributed by atoms with van der Waals surface area (Å²) >= 11 is 0. The maximum atomic E-state index is 11.9. The minimum Gasteiger partial charge on any atom is -0.379 e. The first-order valence-electron chi connectivity index (χ1n) is 7.26. The Kier molecular flexibility index (Phi) is 4.62. The number of likely N-dealkylation sites (tertiary alicyclic amines) is 1. The van der Waals surface area contributed by atoms with Crippen LogP contribution in [0.2, 0.25) is 0 Å². The van der Waals surface area contributed by atoms with Crippen LogP contribution in [0.25, 0.3) is 0 Å². The second kappa shape index (κ2) is 6.02. The zero-order chi connectivity index (χ0) is 13.0. The topological polar surface area (TPSA) is 32.8 Å². The van der Waals surface area contributed by atoms with Crippen molar-refractivity contribution in [1.29, 1.82) is 0 Å². The van der Waals surface area contributed by atoms with Gasteiger partial charge in [-0.05, 0) is 26.2 Å². The number of hydrogen-bond donors (Lipinski definition) is 0. The fraction of sp³-hybridized carbons (Fsp3) is 0.929. The molecule has 1 amide bonds. The standard InChI is InChI=1S/C14H26N2O2/c1-3-4-13(17)15-7-5-14(2,6-8-15)16-9-11-18-12-10-16/h3-12H2,1-2H3. The molecule has 4 nitrogen and oxygen atoms in total. The van der Waals surface area contributed by atoms with Crippen LogP contribution >= 0.6 is 0 Å². The van der Waals surface area contributed by atoms with E-state index in [0.717, 1.165) is 58.7 Å². The molecule has 0 spiro atoms. The number of carbonyl (C=O) groups is 1. The normalized spacial score (nSPS) is 25.1. The Morgan fingerprint density at radius 2 is 1.78 bits per heavy atom. The molecule has 0 saturated carbocycles. The zero-order valence-corrected chi connectivity index (χ0v) is 11.8. The Bertz CT molecular complexity index is 280. The number of morpholine rings is 1. The van der Waals surface area contributed by atoms with Gasteiger partial charge in [0.2, 0.25) is 5.91 Å². The molecule has 0 unspecified atom stereocenters. The lowest BCUT2D eigenvalue weighted by molar-refractivity contribution is -0.134. The smallest absolute Gasteiger partial charge is 0.222 e. The van der Waals surface area contributed by atoms with Crippen molar-refractivity contribution in [2.45, 2.75) is 45.1 Å². The molecule has 0 atom stereocenters. The summed E-state index contributed by atoms with van der Waals surface area (Å²) in [4.78, 5) is 16.5. The van der Waals surface area contributed by atoms with Crippen molar-refractivity contribution in [3.05, 3.63) is 0 Å². The number of ether oxygens (including phenoxy) is 1. The molecule has 2 fully saturated rings. The van der Waals surface area contributed by atoms with Gasteiger partial charge in [-0.2, -0.15) is 0 Å². The van der Waals surface area contributed by atoms with Crippen LogP contribution in [0.1, 0.15) is 39.5 Å². The van der Waals surface area contributed by atoms with E-state index in [-0.39, 0.29) is 5.54 Å². The highest BCUT2D eigenvalue weighted by atomic mass is 16.5. The van der Waals surface area contributed by atoms with Gasteiger partial charge in [0.25, 0.3) is 0 Å². The molecule has 0 aromatic rings. The van der Waals surface area contributed by atoms with Crippen LogP contribution < -0.4 is 0 Å². The molecule has 0 bridgehead atoms. The highest BCUT2D eigenvalue weighted by molar-refractivity contribution is 5.76. The fourth-order valence-electron chi connectivity index (χ4n) is 3.03. The fourth-order valence-corrected chi connectivity index (χ4v) is 3.03. The highest BCUT2D eigenvalue weighted by Gasteiger charge is 2.37. The van der Waals surface area contributed by atoms with E-state index >= 15 is 0 Å². The summed E-state index contributed by atoms with van der Waals surface area (Å²) in [5, 5.41) is 0. The van der Waals surface area contributed by atoms with E-state index in [2.05, 4.69) is 18.7 Å². The third-order valence-electron chi connectivity index (χ3n) is 4.43. The summed E-state index contributed by atoms with van der Waals surface area (Å²) in [6.45, 7) is 10.1. The lowest BCUT2D eigenvalue weighted by Gasteiger charge is -2.48. The number of carbonyl (C=O) groups excluding carboxylic acids is 1. The average Bonchev–Trinajstić information content (AvgIpc) is 2.41. The van der Waals surface area contributed by atoms with E-state index in [1.165, 1.54) is 0 Å². The molecule has 2 saturated heterocycles. The van der Waals surface area contributed by atoms with Gasteiger partial charge < -0.3 is 9.64 Å². The van der Waals surface area contributed by atoms with Crippen molar-refractivity contribution in [3.8, 4) is 0 Å². The minimum atomic E-state index is 0.271. The minimum absolute atomic E-state index is 0.271. The molecule has 0 aliphatic carbocycles. The van der Waals surface area contributed by atoms with Gasteiger partial charge in [-0.25, -0.2) is 0 Å². The summed E-state index contributed by atoms with van der Waals surface area (Å²) in [5.41, 5.74) is 0.271. The van der Waals surface area contributed by atoms with Gasteiger partial charge in [0.05, 0.1) is 13.2 Å². The van der Waals surface area contributed by atoms with E-state index in [1.54, 1.807) is 0 Å². The molecule has 4 heteroatoms. The van der Waals surface area contributed by atoms with Crippen LogP contribution in [0.4, 0.5) is 0 Å². The maximum absolute atomic E-state index is 11.9. The maximum Gasteiger partial charge on any atom is 0.222 e. The Hall–Kier alpha value is -0.610. The Balaban J connectivity index is 1.86. The SMILES string of the molecule is CCCC(=O)N1CCC(C)(N2CCOCC2)CC1. The van der Waals surface area contributed by atoms with Gasteiger partial charge >= 0.3 is 0 Å². The number of nitrogens with zero attached hydrogens (tertiary/aromatic N) is 2. The molecule has 2 aliphatic rings. The Morgan fingerprint density at radius 3 is 2.33 bits per heavy atom. The molecule has 0 N–H and O–H groups in total. The number of piperidine rings is 1. The van der Waals surface area contributed by atoms with Gasteiger partial charge in [0.1, 0.15) is 0 Å². The summed E-state index contributed by atoms with van der Waals surface area (Å²) in [5.74, 6) is 0.335.